The molecular formula is C8H16NO2-. The molecule has 0 bridgehead atoms. The summed E-state index contributed by atoms with van der Waals surface area (Å²) in [4.78, 5) is 0. The van der Waals surface area contributed by atoms with Crippen LogP contribution in [-0.2, 0) is 0 Å². The van der Waals surface area contributed by atoms with E-state index in [1.54, 1.807) is 13.8 Å². The summed E-state index contributed by atoms with van der Waals surface area (Å²) in [6.45, 7) is 7.27. The van der Waals surface area contributed by atoms with Gasteiger partial charge in [0.1, 0.15) is 0 Å². The molecule has 66 valence electrons. The molecule has 1 unspecified atom stereocenters. The fourth-order valence-electron chi connectivity index (χ4n) is 1.72. The minimum atomic E-state index is -0.622. The zero-order valence-corrected chi connectivity index (χ0v) is 7.59. The third kappa shape index (κ3) is 1.17. The van der Waals surface area contributed by atoms with E-state index in [0.717, 1.165) is 5.06 Å². The average Bonchev–Trinajstić information content (AvgIpc) is 1.94. The van der Waals surface area contributed by atoms with Crippen LogP contribution in [0.15, 0.2) is 0 Å². The Morgan fingerprint density at radius 2 is 1.82 bits per heavy atom. The molecule has 3 heteroatoms. The topological polar surface area (TPSA) is 46.5 Å². The Labute approximate surface area is 67.6 Å². The van der Waals surface area contributed by atoms with Crippen LogP contribution in [0.3, 0.4) is 0 Å². The molecule has 0 aliphatic carbocycles. The summed E-state index contributed by atoms with van der Waals surface area (Å²) in [5.74, 6) is 0. The first-order valence-electron chi connectivity index (χ1n) is 3.94. The van der Waals surface area contributed by atoms with Gasteiger partial charge in [0.05, 0.1) is 6.10 Å². The first-order chi connectivity index (χ1) is 4.78. The molecule has 1 fully saturated rings. The van der Waals surface area contributed by atoms with Gasteiger partial charge in [0.25, 0.3) is 0 Å². The number of nitrogens with zero attached hydrogens (tertiary/aromatic N) is 1. The maximum atomic E-state index is 11.5. The van der Waals surface area contributed by atoms with E-state index < -0.39 is 17.2 Å². The van der Waals surface area contributed by atoms with Crippen molar-refractivity contribution < 1.29 is 5.11 Å². The van der Waals surface area contributed by atoms with Crippen LogP contribution in [0.2, 0.25) is 0 Å². The van der Waals surface area contributed by atoms with Crippen LogP contribution in [0, 0.1) is 5.21 Å². The highest BCUT2D eigenvalue weighted by Gasteiger charge is 2.45. The lowest BCUT2D eigenvalue weighted by molar-refractivity contribution is 0.0655. The van der Waals surface area contributed by atoms with E-state index in [9.17, 15) is 10.3 Å². The molecule has 0 spiro atoms. The quantitative estimate of drug-likeness (QED) is 0.574. The second kappa shape index (κ2) is 2.19. The lowest BCUT2D eigenvalue weighted by Gasteiger charge is -2.46. The SMILES string of the molecule is CC1(C)CC(O)C(C)(C)N1[O-]. The standard InChI is InChI=1S/C8H16NO2/c1-7(2)5-6(10)8(3,4)9(7)11/h6,10H,5H2,1-4H3/q-1. The van der Waals surface area contributed by atoms with Gasteiger partial charge in [-0.25, -0.2) is 0 Å². The summed E-state index contributed by atoms with van der Waals surface area (Å²) in [7, 11) is 0. The van der Waals surface area contributed by atoms with Gasteiger partial charge in [-0.15, -0.1) is 0 Å². The highest BCUT2D eigenvalue weighted by Crippen LogP contribution is 2.39. The van der Waals surface area contributed by atoms with E-state index in [1.165, 1.54) is 0 Å². The zero-order valence-electron chi connectivity index (χ0n) is 7.59. The van der Waals surface area contributed by atoms with Crippen molar-refractivity contribution in [3.8, 4) is 0 Å². The minimum Gasteiger partial charge on any atom is -0.784 e. The van der Waals surface area contributed by atoms with Gasteiger partial charge in [-0.1, -0.05) is 0 Å². The van der Waals surface area contributed by atoms with Gasteiger partial charge in [0.2, 0.25) is 0 Å². The van der Waals surface area contributed by atoms with Crippen molar-refractivity contribution in [1.29, 1.82) is 0 Å². The minimum absolute atomic E-state index is 0.414. The number of hydroxylamine groups is 2. The largest absolute Gasteiger partial charge is 0.784 e. The second-order valence-electron chi connectivity index (χ2n) is 4.48. The van der Waals surface area contributed by atoms with E-state index in [2.05, 4.69) is 0 Å². The molecule has 0 radical (unpaired) electrons. The molecule has 1 atom stereocenters. The number of aliphatic hydroxyl groups is 1. The predicted molar refractivity (Wildman–Crippen MR) is 44.0 cm³/mol. The highest BCUT2D eigenvalue weighted by molar-refractivity contribution is 5.06. The number of rotatable bonds is 0. The third-order valence-electron chi connectivity index (χ3n) is 2.58. The van der Waals surface area contributed by atoms with E-state index in [0.29, 0.717) is 6.42 Å². The summed E-state index contributed by atoms with van der Waals surface area (Å²) >= 11 is 0. The highest BCUT2D eigenvalue weighted by atomic mass is 16.5. The van der Waals surface area contributed by atoms with Gasteiger partial charge in [-0.3, -0.25) is 0 Å². The summed E-state index contributed by atoms with van der Waals surface area (Å²) < 4.78 is 0. The molecule has 0 aromatic heterocycles. The molecule has 1 aliphatic rings. The first-order valence-corrected chi connectivity index (χ1v) is 3.94. The van der Waals surface area contributed by atoms with Crippen LogP contribution in [0.5, 0.6) is 0 Å². The molecule has 0 aromatic rings. The predicted octanol–water partition coefficient (Wildman–Crippen LogP) is 1.11. The van der Waals surface area contributed by atoms with Crippen molar-refractivity contribution >= 4 is 0 Å². The Bertz CT molecular complexity index is 165. The van der Waals surface area contributed by atoms with E-state index in [4.69, 9.17) is 0 Å². The van der Waals surface area contributed by atoms with Crippen molar-refractivity contribution in [3.05, 3.63) is 5.21 Å². The van der Waals surface area contributed by atoms with Crippen LogP contribution in [0.25, 0.3) is 0 Å². The maximum Gasteiger partial charge on any atom is 0.0726 e. The molecule has 1 heterocycles. The van der Waals surface area contributed by atoms with Crippen LogP contribution in [0.1, 0.15) is 34.1 Å². The van der Waals surface area contributed by atoms with Gasteiger partial charge in [-0.05, 0) is 34.1 Å². The Morgan fingerprint density at radius 1 is 1.36 bits per heavy atom. The number of hydrogen-bond donors (Lipinski definition) is 1. The van der Waals surface area contributed by atoms with Gasteiger partial charge >= 0.3 is 0 Å². The molecule has 0 aromatic carbocycles. The normalized spacial score (nSPS) is 36.0. The summed E-state index contributed by atoms with van der Waals surface area (Å²) in [6, 6.07) is 0. The van der Waals surface area contributed by atoms with Crippen molar-refractivity contribution in [1.82, 2.24) is 5.06 Å². The van der Waals surface area contributed by atoms with Gasteiger partial charge < -0.3 is 15.4 Å². The smallest absolute Gasteiger partial charge is 0.0726 e. The molecule has 11 heavy (non-hydrogen) atoms. The Balaban J connectivity index is 2.89. The average molecular weight is 158 g/mol. The first kappa shape index (κ1) is 8.97. The van der Waals surface area contributed by atoms with E-state index >= 15 is 0 Å². The molecule has 3 nitrogen and oxygen atoms in total. The van der Waals surface area contributed by atoms with Gasteiger partial charge in [0.15, 0.2) is 0 Å². The number of hydrogen-bond acceptors (Lipinski definition) is 3. The van der Waals surface area contributed by atoms with Crippen molar-refractivity contribution in [2.24, 2.45) is 0 Å². The molecular weight excluding hydrogens is 142 g/mol. The molecule has 1 rings (SSSR count). The van der Waals surface area contributed by atoms with Crippen LogP contribution in [-0.4, -0.2) is 27.4 Å². The Morgan fingerprint density at radius 3 is 1.91 bits per heavy atom. The fraction of sp³-hybridized carbons (Fsp3) is 1.00. The summed E-state index contributed by atoms with van der Waals surface area (Å²) in [5, 5.41) is 22.0. The third-order valence-corrected chi connectivity index (χ3v) is 2.58. The molecule has 1 aliphatic heterocycles. The van der Waals surface area contributed by atoms with E-state index in [-0.39, 0.29) is 0 Å². The fourth-order valence-corrected chi connectivity index (χ4v) is 1.72. The molecule has 0 amide bonds. The van der Waals surface area contributed by atoms with Crippen LogP contribution in [0.4, 0.5) is 0 Å². The molecule has 1 saturated heterocycles. The van der Waals surface area contributed by atoms with Crippen molar-refractivity contribution in [2.75, 3.05) is 0 Å². The van der Waals surface area contributed by atoms with Crippen molar-refractivity contribution in [2.45, 2.75) is 51.3 Å². The Hall–Kier alpha value is -0.120. The summed E-state index contributed by atoms with van der Waals surface area (Å²) in [6.07, 6.45) is 0.0544. The van der Waals surface area contributed by atoms with Gasteiger partial charge in [-0.2, -0.15) is 0 Å². The second-order valence-corrected chi connectivity index (χ2v) is 4.48. The Kier molecular flexibility index (Phi) is 1.78. The van der Waals surface area contributed by atoms with Crippen LogP contribution < -0.4 is 0 Å². The summed E-state index contributed by atoms with van der Waals surface area (Å²) in [5.41, 5.74) is -1.04. The van der Waals surface area contributed by atoms with Gasteiger partial charge in [0, 0.05) is 11.1 Å². The van der Waals surface area contributed by atoms with E-state index in [1.807, 2.05) is 13.8 Å². The molecule has 1 N–H and O–H groups in total. The van der Waals surface area contributed by atoms with Crippen LogP contribution >= 0.6 is 0 Å². The lowest BCUT2D eigenvalue weighted by atomic mass is 9.98. The lowest BCUT2D eigenvalue weighted by Crippen LogP contribution is -2.46. The maximum absolute atomic E-state index is 11.5. The zero-order chi connectivity index (χ0) is 8.86. The number of aliphatic hydroxyl groups excluding tert-OH is 1. The monoisotopic (exact) mass is 158 g/mol. The molecule has 0 saturated carbocycles. The van der Waals surface area contributed by atoms with Crippen molar-refractivity contribution in [3.63, 3.8) is 0 Å².